The van der Waals surface area contributed by atoms with Crippen LogP contribution in [0.15, 0.2) is 42.3 Å². The van der Waals surface area contributed by atoms with Crippen LogP contribution >= 0.6 is 0 Å². The lowest BCUT2D eigenvalue weighted by Crippen LogP contribution is -2.33. The molecule has 0 saturated carbocycles. The number of nitrogens with one attached hydrogen (secondary N) is 1. The summed E-state index contributed by atoms with van der Waals surface area (Å²) in [4.78, 5) is 11.5. The van der Waals surface area contributed by atoms with Crippen molar-refractivity contribution < 1.29 is 17.9 Å². The van der Waals surface area contributed by atoms with Gasteiger partial charge in [-0.2, -0.15) is 4.72 Å². The smallest absolute Gasteiger partial charge is 0.328 e. The second-order valence-electron chi connectivity index (χ2n) is 3.20. The Kier molecular flexibility index (Phi) is 4.42. The van der Waals surface area contributed by atoms with Gasteiger partial charge >= 0.3 is 5.97 Å². The van der Waals surface area contributed by atoms with E-state index in [9.17, 15) is 13.2 Å². The Morgan fingerprint density at radius 3 is 2.47 bits per heavy atom. The van der Waals surface area contributed by atoms with Crippen LogP contribution in [0.25, 0.3) is 0 Å². The van der Waals surface area contributed by atoms with Gasteiger partial charge < -0.3 is 4.74 Å². The fraction of sp³-hybridized carbons (Fsp3) is 0.182. The molecule has 0 amide bonds. The number of carbonyl (C=O) groups excluding carboxylic acids is 1. The third-order valence-corrected chi connectivity index (χ3v) is 3.07. The zero-order valence-corrected chi connectivity index (χ0v) is 10.1. The van der Waals surface area contributed by atoms with Crippen LogP contribution in [0.2, 0.25) is 0 Å². The van der Waals surface area contributed by atoms with Gasteiger partial charge in [0, 0.05) is 5.41 Å². The van der Waals surface area contributed by atoms with Crippen molar-refractivity contribution in [1.82, 2.24) is 4.72 Å². The minimum absolute atomic E-state index is 0.504. The van der Waals surface area contributed by atoms with Crippen LogP contribution < -0.4 is 4.72 Å². The van der Waals surface area contributed by atoms with Gasteiger partial charge in [-0.1, -0.05) is 36.9 Å². The molecular formula is C11H13NO4S. The lowest BCUT2D eigenvalue weighted by Gasteiger charge is -2.15. The van der Waals surface area contributed by atoms with Crippen molar-refractivity contribution in [1.29, 1.82) is 0 Å². The topological polar surface area (TPSA) is 72.5 Å². The maximum absolute atomic E-state index is 11.5. The fourth-order valence-corrected chi connectivity index (χ4v) is 1.89. The predicted molar refractivity (Wildman–Crippen MR) is 63.5 cm³/mol. The van der Waals surface area contributed by atoms with Crippen molar-refractivity contribution in [3.8, 4) is 0 Å². The summed E-state index contributed by atoms with van der Waals surface area (Å²) >= 11 is 0. The first-order valence-corrected chi connectivity index (χ1v) is 6.32. The summed E-state index contributed by atoms with van der Waals surface area (Å²) in [6.07, 6.45) is 0. The van der Waals surface area contributed by atoms with Gasteiger partial charge in [-0.05, 0) is 5.56 Å². The first kappa shape index (κ1) is 13.4. The molecule has 0 radical (unpaired) electrons. The molecule has 1 atom stereocenters. The molecule has 17 heavy (non-hydrogen) atoms. The molecule has 0 fully saturated rings. The largest absolute Gasteiger partial charge is 0.468 e. The van der Waals surface area contributed by atoms with E-state index in [1.54, 1.807) is 30.3 Å². The molecule has 0 saturated heterocycles. The number of ether oxygens (including phenoxy) is 1. The molecule has 0 aromatic heterocycles. The first-order valence-electron chi connectivity index (χ1n) is 4.77. The monoisotopic (exact) mass is 255 g/mol. The molecule has 1 aromatic carbocycles. The number of benzene rings is 1. The molecule has 1 aromatic rings. The molecule has 0 unspecified atom stereocenters. The van der Waals surface area contributed by atoms with E-state index in [1.807, 2.05) is 0 Å². The zero-order chi connectivity index (χ0) is 12.9. The van der Waals surface area contributed by atoms with E-state index in [0.717, 1.165) is 5.41 Å². The first-order chi connectivity index (χ1) is 8.00. The number of rotatable bonds is 5. The Hall–Kier alpha value is -1.66. The Morgan fingerprint density at radius 2 is 2.00 bits per heavy atom. The Morgan fingerprint density at radius 1 is 1.41 bits per heavy atom. The third kappa shape index (κ3) is 3.69. The Balaban J connectivity index is 3.06. The molecule has 0 bridgehead atoms. The van der Waals surface area contributed by atoms with Gasteiger partial charge in [-0.25, -0.2) is 13.2 Å². The summed E-state index contributed by atoms with van der Waals surface area (Å²) in [5.41, 5.74) is 0.504. The molecule has 0 aliphatic rings. The van der Waals surface area contributed by atoms with Gasteiger partial charge in [0.05, 0.1) is 7.11 Å². The summed E-state index contributed by atoms with van der Waals surface area (Å²) in [7, 11) is -2.51. The van der Waals surface area contributed by atoms with Gasteiger partial charge in [0.2, 0.25) is 10.0 Å². The van der Waals surface area contributed by atoms with E-state index >= 15 is 0 Å². The van der Waals surface area contributed by atoms with Crippen molar-refractivity contribution in [2.24, 2.45) is 0 Å². The molecule has 5 nitrogen and oxygen atoms in total. The minimum Gasteiger partial charge on any atom is -0.468 e. The molecule has 6 heteroatoms. The van der Waals surface area contributed by atoms with Crippen LogP contribution in [0, 0.1) is 0 Å². The number of carbonyl (C=O) groups is 1. The van der Waals surface area contributed by atoms with E-state index in [-0.39, 0.29) is 0 Å². The highest BCUT2D eigenvalue weighted by Crippen LogP contribution is 2.15. The van der Waals surface area contributed by atoms with Crippen molar-refractivity contribution in [2.45, 2.75) is 6.04 Å². The quantitative estimate of drug-likeness (QED) is 0.795. The number of hydrogen-bond donors (Lipinski definition) is 1. The van der Waals surface area contributed by atoms with Crippen LogP contribution in [0.3, 0.4) is 0 Å². The molecule has 0 aliphatic heterocycles. The molecule has 92 valence electrons. The van der Waals surface area contributed by atoms with Gasteiger partial charge in [0.15, 0.2) is 0 Å². The van der Waals surface area contributed by atoms with Crippen LogP contribution in [0.5, 0.6) is 0 Å². The van der Waals surface area contributed by atoms with E-state index in [4.69, 9.17) is 0 Å². The second-order valence-corrected chi connectivity index (χ2v) is 4.86. The highest BCUT2D eigenvalue weighted by atomic mass is 32.2. The highest BCUT2D eigenvalue weighted by molar-refractivity contribution is 7.92. The van der Waals surface area contributed by atoms with Crippen LogP contribution in [-0.4, -0.2) is 21.5 Å². The standard InChI is InChI=1S/C11H13NO4S/c1-3-17(14,15)12-10(11(13)16-2)9-7-5-4-6-8-9/h3-8,10,12H,1H2,2H3/t10-/m0/s1. The van der Waals surface area contributed by atoms with E-state index in [0.29, 0.717) is 5.56 Å². The average Bonchev–Trinajstić information content (AvgIpc) is 2.36. The van der Waals surface area contributed by atoms with Gasteiger partial charge in [-0.3, -0.25) is 0 Å². The Bertz CT molecular complexity index is 495. The van der Waals surface area contributed by atoms with Crippen LogP contribution in [0.1, 0.15) is 11.6 Å². The molecule has 1 N–H and O–H groups in total. The molecule has 1 rings (SSSR count). The maximum atomic E-state index is 11.5. The minimum atomic E-state index is -3.71. The highest BCUT2D eigenvalue weighted by Gasteiger charge is 2.25. The molecule has 0 heterocycles. The lowest BCUT2D eigenvalue weighted by molar-refractivity contribution is -0.142. The van der Waals surface area contributed by atoms with E-state index in [2.05, 4.69) is 16.0 Å². The average molecular weight is 255 g/mol. The summed E-state index contributed by atoms with van der Waals surface area (Å²) in [5.74, 6) is -0.679. The number of esters is 1. The summed E-state index contributed by atoms with van der Waals surface area (Å²) in [6.45, 7) is 3.16. The predicted octanol–water partition coefficient (Wildman–Crippen LogP) is 0.964. The van der Waals surface area contributed by atoms with E-state index < -0.39 is 22.0 Å². The number of methoxy groups -OCH3 is 1. The van der Waals surface area contributed by atoms with Gasteiger partial charge in [0.1, 0.15) is 6.04 Å². The molecular weight excluding hydrogens is 242 g/mol. The molecule has 0 aliphatic carbocycles. The second kappa shape index (κ2) is 5.60. The summed E-state index contributed by atoms with van der Waals surface area (Å²) in [5, 5.41) is 0.742. The Labute approximate surface area is 100 Å². The summed E-state index contributed by atoms with van der Waals surface area (Å²) in [6, 6.07) is 7.37. The van der Waals surface area contributed by atoms with Crippen molar-refractivity contribution in [3.05, 3.63) is 47.9 Å². The third-order valence-electron chi connectivity index (χ3n) is 2.07. The van der Waals surface area contributed by atoms with Crippen molar-refractivity contribution in [3.63, 3.8) is 0 Å². The van der Waals surface area contributed by atoms with Crippen LogP contribution in [0.4, 0.5) is 0 Å². The number of hydrogen-bond acceptors (Lipinski definition) is 4. The van der Waals surface area contributed by atoms with Crippen LogP contribution in [-0.2, 0) is 19.6 Å². The maximum Gasteiger partial charge on any atom is 0.328 e. The van der Waals surface area contributed by atoms with Crippen molar-refractivity contribution >= 4 is 16.0 Å². The fourth-order valence-electron chi connectivity index (χ4n) is 1.23. The van der Waals surface area contributed by atoms with Gasteiger partial charge in [-0.15, -0.1) is 0 Å². The molecule has 0 spiro atoms. The SMILES string of the molecule is C=CS(=O)(=O)N[C@H](C(=O)OC)c1ccccc1. The van der Waals surface area contributed by atoms with Gasteiger partial charge in [0.25, 0.3) is 0 Å². The number of sulfonamides is 1. The van der Waals surface area contributed by atoms with Crippen molar-refractivity contribution in [2.75, 3.05) is 7.11 Å². The van der Waals surface area contributed by atoms with E-state index in [1.165, 1.54) is 7.11 Å². The zero-order valence-electron chi connectivity index (χ0n) is 9.29. The normalized spacial score (nSPS) is 12.8. The lowest BCUT2D eigenvalue weighted by atomic mass is 10.1. The summed E-state index contributed by atoms with van der Waals surface area (Å²) < 4.78 is 29.5.